The van der Waals surface area contributed by atoms with E-state index in [2.05, 4.69) is 15.6 Å². The standard InChI is InChI=1S/C18H14ClF3N4O2/c1-28-10-15-16(24-25-26(15)12-5-3-2-4-6-12)17(27)23-11-7-8-14(19)13(9-11)18(20,21)22/h2-9H,10H2,1H3,(H,23,27). The van der Waals surface area contributed by atoms with Crippen LogP contribution in [-0.4, -0.2) is 28.0 Å². The molecule has 0 atom stereocenters. The van der Waals surface area contributed by atoms with Crippen molar-refractivity contribution in [3.05, 3.63) is 70.5 Å². The third-order valence-electron chi connectivity index (χ3n) is 3.79. The molecule has 2 aromatic carbocycles. The third kappa shape index (κ3) is 4.15. The molecule has 0 aliphatic heterocycles. The molecule has 0 fully saturated rings. The number of carbonyl (C=O) groups excluding carboxylic acids is 1. The van der Waals surface area contributed by atoms with E-state index in [0.29, 0.717) is 11.4 Å². The molecule has 1 N–H and O–H groups in total. The van der Waals surface area contributed by atoms with Crippen molar-refractivity contribution < 1.29 is 22.7 Å². The van der Waals surface area contributed by atoms with Crippen molar-refractivity contribution in [1.29, 1.82) is 0 Å². The predicted octanol–water partition coefficient (Wildman–Crippen LogP) is 4.34. The lowest BCUT2D eigenvalue weighted by molar-refractivity contribution is -0.137. The Balaban J connectivity index is 1.92. The fourth-order valence-corrected chi connectivity index (χ4v) is 2.76. The van der Waals surface area contributed by atoms with Crippen LogP contribution in [0.1, 0.15) is 21.7 Å². The van der Waals surface area contributed by atoms with E-state index in [4.69, 9.17) is 16.3 Å². The summed E-state index contributed by atoms with van der Waals surface area (Å²) in [7, 11) is 1.44. The van der Waals surface area contributed by atoms with Gasteiger partial charge in [0.05, 0.1) is 22.9 Å². The fourth-order valence-electron chi connectivity index (χ4n) is 2.53. The number of benzene rings is 2. The maximum Gasteiger partial charge on any atom is 0.417 e. The minimum atomic E-state index is -4.64. The highest BCUT2D eigenvalue weighted by atomic mass is 35.5. The van der Waals surface area contributed by atoms with Crippen LogP contribution >= 0.6 is 11.6 Å². The van der Waals surface area contributed by atoms with Crippen LogP contribution in [0.3, 0.4) is 0 Å². The Labute approximate surface area is 162 Å². The van der Waals surface area contributed by atoms with Gasteiger partial charge in [-0.2, -0.15) is 13.2 Å². The van der Waals surface area contributed by atoms with Gasteiger partial charge in [0.15, 0.2) is 5.69 Å². The summed E-state index contributed by atoms with van der Waals surface area (Å²) in [6, 6.07) is 12.0. The highest BCUT2D eigenvalue weighted by Crippen LogP contribution is 2.36. The largest absolute Gasteiger partial charge is 0.417 e. The van der Waals surface area contributed by atoms with E-state index in [9.17, 15) is 18.0 Å². The third-order valence-corrected chi connectivity index (χ3v) is 4.12. The molecule has 1 amide bonds. The molecule has 0 radical (unpaired) electrons. The number of carbonyl (C=O) groups is 1. The molecule has 10 heteroatoms. The number of hydrogen-bond acceptors (Lipinski definition) is 4. The fraction of sp³-hybridized carbons (Fsp3) is 0.167. The van der Waals surface area contributed by atoms with Gasteiger partial charge in [-0.15, -0.1) is 5.10 Å². The first-order valence-electron chi connectivity index (χ1n) is 7.98. The number of alkyl halides is 3. The molecule has 0 aliphatic carbocycles. The molecule has 146 valence electrons. The minimum absolute atomic E-state index is 0.0269. The number of methoxy groups -OCH3 is 1. The second-order valence-corrected chi connectivity index (χ2v) is 6.12. The van der Waals surface area contributed by atoms with Crippen molar-refractivity contribution in [2.24, 2.45) is 0 Å². The minimum Gasteiger partial charge on any atom is -0.378 e. The maximum atomic E-state index is 13.0. The van der Waals surface area contributed by atoms with Gasteiger partial charge in [-0.1, -0.05) is 35.0 Å². The van der Waals surface area contributed by atoms with Crippen LogP contribution in [0.5, 0.6) is 0 Å². The van der Waals surface area contributed by atoms with Gasteiger partial charge in [0.1, 0.15) is 5.69 Å². The number of halogens is 4. The Bertz CT molecular complexity index is 990. The molecule has 0 saturated heterocycles. The molecule has 0 bridgehead atoms. The Morgan fingerprint density at radius 1 is 1.21 bits per heavy atom. The Morgan fingerprint density at radius 3 is 2.57 bits per heavy atom. The summed E-state index contributed by atoms with van der Waals surface area (Å²) >= 11 is 5.60. The first-order valence-corrected chi connectivity index (χ1v) is 8.36. The molecule has 0 saturated carbocycles. The van der Waals surface area contributed by atoms with Crippen molar-refractivity contribution in [3.63, 3.8) is 0 Å². The number of nitrogens with one attached hydrogen (secondary N) is 1. The number of hydrogen-bond donors (Lipinski definition) is 1. The van der Waals surface area contributed by atoms with Crippen molar-refractivity contribution >= 4 is 23.2 Å². The van der Waals surface area contributed by atoms with Gasteiger partial charge in [0.2, 0.25) is 0 Å². The lowest BCUT2D eigenvalue weighted by Crippen LogP contribution is -2.16. The van der Waals surface area contributed by atoms with Crippen LogP contribution in [-0.2, 0) is 17.5 Å². The van der Waals surface area contributed by atoms with Gasteiger partial charge in [-0.05, 0) is 30.3 Å². The monoisotopic (exact) mass is 410 g/mol. The smallest absolute Gasteiger partial charge is 0.378 e. The van der Waals surface area contributed by atoms with Crippen LogP contribution in [0.2, 0.25) is 5.02 Å². The van der Waals surface area contributed by atoms with E-state index < -0.39 is 22.7 Å². The molecule has 3 rings (SSSR count). The maximum absolute atomic E-state index is 13.0. The van der Waals surface area contributed by atoms with Crippen molar-refractivity contribution in [3.8, 4) is 5.69 Å². The average molecular weight is 411 g/mol. The molecule has 1 heterocycles. The van der Waals surface area contributed by atoms with Crippen LogP contribution in [0, 0.1) is 0 Å². The lowest BCUT2D eigenvalue weighted by Gasteiger charge is -2.12. The normalized spacial score (nSPS) is 11.5. The zero-order valence-corrected chi connectivity index (χ0v) is 15.3. The number of amides is 1. The molecular formula is C18H14ClF3N4O2. The number of nitrogens with zero attached hydrogens (tertiary/aromatic N) is 3. The molecule has 0 unspecified atom stereocenters. The second kappa shape index (κ2) is 7.99. The molecule has 6 nitrogen and oxygen atoms in total. The number of para-hydroxylation sites is 1. The first-order chi connectivity index (χ1) is 13.3. The molecule has 1 aromatic heterocycles. The number of rotatable bonds is 5. The van der Waals surface area contributed by atoms with Gasteiger partial charge in [0, 0.05) is 12.8 Å². The van der Waals surface area contributed by atoms with Crippen LogP contribution in [0.15, 0.2) is 48.5 Å². The van der Waals surface area contributed by atoms with Gasteiger partial charge in [-0.25, -0.2) is 4.68 Å². The predicted molar refractivity (Wildman–Crippen MR) is 96.5 cm³/mol. The Morgan fingerprint density at radius 2 is 1.93 bits per heavy atom. The summed E-state index contributed by atoms with van der Waals surface area (Å²) in [4.78, 5) is 12.6. The first kappa shape index (κ1) is 19.8. The van der Waals surface area contributed by atoms with E-state index in [-0.39, 0.29) is 18.0 Å². The summed E-state index contributed by atoms with van der Waals surface area (Å²) in [6.45, 7) is 0.0269. The highest BCUT2D eigenvalue weighted by Gasteiger charge is 2.33. The molecule has 3 aromatic rings. The van der Waals surface area contributed by atoms with E-state index in [0.717, 1.165) is 12.1 Å². The van der Waals surface area contributed by atoms with Gasteiger partial charge >= 0.3 is 6.18 Å². The number of ether oxygens (including phenoxy) is 1. The molecular weight excluding hydrogens is 397 g/mol. The van der Waals surface area contributed by atoms with Gasteiger partial charge in [0.25, 0.3) is 5.91 Å². The van der Waals surface area contributed by atoms with Crippen LogP contribution < -0.4 is 5.32 Å². The Kier molecular flexibility index (Phi) is 5.66. The second-order valence-electron chi connectivity index (χ2n) is 5.71. The van der Waals surface area contributed by atoms with E-state index >= 15 is 0 Å². The number of aromatic nitrogens is 3. The van der Waals surface area contributed by atoms with Crippen molar-refractivity contribution in [2.75, 3.05) is 12.4 Å². The molecule has 0 spiro atoms. The zero-order valence-electron chi connectivity index (χ0n) is 14.5. The van der Waals surface area contributed by atoms with Crippen LogP contribution in [0.4, 0.5) is 18.9 Å². The summed E-state index contributed by atoms with van der Waals surface area (Å²) in [5, 5.41) is 9.77. The Hall–Kier alpha value is -2.91. The molecule has 0 aliphatic rings. The summed E-state index contributed by atoms with van der Waals surface area (Å²) < 4.78 is 45.6. The van der Waals surface area contributed by atoms with E-state index in [1.165, 1.54) is 17.9 Å². The van der Waals surface area contributed by atoms with Crippen molar-refractivity contribution in [1.82, 2.24) is 15.0 Å². The van der Waals surface area contributed by atoms with Gasteiger partial charge in [-0.3, -0.25) is 4.79 Å². The van der Waals surface area contributed by atoms with E-state index in [1.54, 1.807) is 24.3 Å². The lowest BCUT2D eigenvalue weighted by atomic mass is 10.2. The average Bonchev–Trinajstić information content (AvgIpc) is 3.07. The zero-order chi connectivity index (χ0) is 20.3. The topological polar surface area (TPSA) is 69.0 Å². The SMILES string of the molecule is COCc1c(C(=O)Nc2ccc(Cl)c(C(F)(F)F)c2)nnn1-c1ccccc1. The summed E-state index contributed by atoms with van der Waals surface area (Å²) in [5.74, 6) is -0.718. The van der Waals surface area contributed by atoms with E-state index in [1.807, 2.05) is 6.07 Å². The van der Waals surface area contributed by atoms with Gasteiger partial charge < -0.3 is 10.1 Å². The number of anilines is 1. The highest BCUT2D eigenvalue weighted by molar-refractivity contribution is 6.31. The van der Waals surface area contributed by atoms with Crippen LogP contribution in [0.25, 0.3) is 5.69 Å². The molecule has 28 heavy (non-hydrogen) atoms. The summed E-state index contributed by atoms with van der Waals surface area (Å²) in [5.41, 5.74) is -0.159. The quantitative estimate of drug-likeness (QED) is 0.679. The summed E-state index contributed by atoms with van der Waals surface area (Å²) in [6.07, 6.45) is -4.64. The van der Waals surface area contributed by atoms with Crippen molar-refractivity contribution in [2.45, 2.75) is 12.8 Å².